The van der Waals surface area contributed by atoms with E-state index in [2.05, 4.69) is 27.5 Å². The van der Waals surface area contributed by atoms with Crippen molar-refractivity contribution in [1.29, 1.82) is 0 Å². The van der Waals surface area contributed by atoms with E-state index in [1.54, 1.807) is 12.1 Å². The number of fused-ring (bicyclic) bond motifs is 2. The number of amides is 2. The molecule has 1 fully saturated rings. The molecule has 1 N–H and O–H groups in total. The van der Waals surface area contributed by atoms with Gasteiger partial charge in [0.1, 0.15) is 0 Å². The molecule has 1 aromatic carbocycles. The van der Waals surface area contributed by atoms with Gasteiger partial charge in [-0.2, -0.15) is 0 Å². The average molecular weight is 597 g/mol. The standard InChI is InChI=1S/C19H27IN2O6PSSi/c1-26-16-8-13-14(9-17(16)28-30(20)29)22(11-27-5-6-31(2,3)4)19(25)15-7-12(23)10-21(15)18(13)24/h8-9,12,15,23H,5-7,10-11H2,1-4H3/q-1/t12-,15+/m1/s1. The van der Waals surface area contributed by atoms with E-state index in [-0.39, 0.29) is 31.5 Å². The molecule has 2 aliphatic heterocycles. The van der Waals surface area contributed by atoms with Crippen LogP contribution in [-0.2, 0) is 16.9 Å². The van der Waals surface area contributed by atoms with Gasteiger partial charge >= 0.3 is 201 Å². The molecule has 1 saturated heterocycles. The quantitative estimate of drug-likeness (QED) is 0.170. The Labute approximate surface area is 199 Å². The molecule has 12 heteroatoms. The molecule has 3 rings (SSSR count). The summed E-state index contributed by atoms with van der Waals surface area (Å²) < 4.78 is 17.1. The number of carbonyl (C=O) groups excluding carboxylic acids is 2. The number of rotatable bonds is 7. The Kier molecular flexibility index (Phi) is 8.18. The van der Waals surface area contributed by atoms with Crippen molar-refractivity contribution in [2.45, 2.75) is 44.3 Å². The van der Waals surface area contributed by atoms with Crippen LogP contribution in [0.2, 0.25) is 25.7 Å². The number of hydrogen-bond donors (Lipinski definition) is 1. The zero-order valence-corrected chi connectivity index (χ0v) is 22.8. The Bertz CT molecular complexity index is 950. The van der Waals surface area contributed by atoms with Crippen LogP contribution in [-0.4, -0.2) is 69.0 Å². The van der Waals surface area contributed by atoms with Crippen LogP contribution in [0.4, 0.5) is 5.69 Å². The number of hydrogen-bond acceptors (Lipinski definition) is 7. The predicted molar refractivity (Wildman–Crippen MR) is 134 cm³/mol. The Balaban J connectivity index is 2.02. The number of aliphatic hydroxyl groups is 1. The SMILES string of the molecule is COc1cc2c(cc1O[S-](#P)I)N(COCC[Si](C)(C)C)C(=O)[C@@H]1C[C@@H](O)CN1C2=O. The van der Waals surface area contributed by atoms with Crippen molar-refractivity contribution in [3.63, 3.8) is 0 Å². The van der Waals surface area contributed by atoms with Crippen LogP contribution in [0.5, 0.6) is 11.5 Å². The second-order valence-corrected chi connectivity index (χ2v) is 20.5. The van der Waals surface area contributed by atoms with E-state index in [0.717, 1.165) is 6.04 Å². The minimum atomic E-state index is -1.29. The molecular weight excluding hydrogens is 570 g/mol. The molecule has 0 bridgehead atoms. The van der Waals surface area contributed by atoms with Crippen LogP contribution in [0, 0.1) is 0 Å². The molecular formula is C19H27IN2O6PSSi-. The Hall–Kier alpha value is -0.593. The van der Waals surface area contributed by atoms with Crippen LogP contribution in [0.15, 0.2) is 12.1 Å². The predicted octanol–water partition coefficient (Wildman–Crippen LogP) is 3.52. The third-order valence-corrected chi connectivity index (χ3v) is 8.05. The van der Waals surface area contributed by atoms with Crippen LogP contribution >= 0.6 is 29.0 Å². The summed E-state index contributed by atoms with van der Waals surface area (Å²) in [5, 5.41) is 10.1. The second-order valence-electron chi connectivity index (χ2n) is 8.79. The van der Waals surface area contributed by atoms with Gasteiger partial charge in [0.05, 0.1) is 0 Å². The van der Waals surface area contributed by atoms with Crippen molar-refractivity contribution >= 4 is 61.9 Å². The summed E-state index contributed by atoms with van der Waals surface area (Å²) in [5.74, 6) is 0.176. The van der Waals surface area contributed by atoms with Crippen molar-refractivity contribution in [1.82, 2.24) is 4.90 Å². The summed E-state index contributed by atoms with van der Waals surface area (Å²) in [6.45, 7) is 7.45. The van der Waals surface area contributed by atoms with Gasteiger partial charge in [-0.05, 0) is 0 Å². The molecule has 0 unspecified atom stereocenters. The summed E-state index contributed by atoms with van der Waals surface area (Å²) in [6, 6.07) is 3.46. The molecule has 0 aromatic heterocycles. The minimum absolute atomic E-state index is 0.0205. The number of ether oxygens (including phenoxy) is 2. The number of halogens is 1. The van der Waals surface area contributed by atoms with Crippen molar-refractivity contribution in [2.75, 3.05) is 31.9 Å². The maximum absolute atomic E-state index is 13.4. The molecule has 2 amide bonds. The first-order valence-electron chi connectivity index (χ1n) is 9.90. The fraction of sp³-hybridized carbons (Fsp3) is 0.579. The molecule has 2 aliphatic rings. The van der Waals surface area contributed by atoms with E-state index in [4.69, 9.17) is 13.7 Å². The van der Waals surface area contributed by atoms with Crippen LogP contribution < -0.4 is 13.8 Å². The van der Waals surface area contributed by atoms with Gasteiger partial charge in [-0.15, -0.1) is 0 Å². The molecule has 2 atom stereocenters. The molecule has 8 nitrogen and oxygen atoms in total. The monoisotopic (exact) mass is 597 g/mol. The van der Waals surface area contributed by atoms with Gasteiger partial charge in [0.25, 0.3) is 0 Å². The summed E-state index contributed by atoms with van der Waals surface area (Å²) in [4.78, 5) is 29.7. The van der Waals surface area contributed by atoms with Crippen LogP contribution in [0.25, 0.3) is 0 Å². The topological polar surface area (TPSA) is 88.5 Å². The number of aliphatic hydroxyl groups excluding tert-OH is 1. The van der Waals surface area contributed by atoms with Gasteiger partial charge in [-0.1, -0.05) is 0 Å². The summed E-state index contributed by atoms with van der Waals surface area (Å²) in [6.07, 6.45) is -0.526. The van der Waals surface area contributed by atoms with E-state index < -0.39 is 27.5 Å². The molecule has 0 spiro atoms. The number of methoxy groups -OCH3 is 1. The molecule has 1 aromatic rings. The first-order valence-corrected chi connectivity index (χ1v) is 18.3. The van der Waals surface area contributed by atoms with E-state index in [1.807, 2.05) is 21.2 Å². The normalized spacial score (nSPS) is 21.2. The Morgan fingerprint density at radius 2 is 2.00 bits per heavy atom. The van der Waals surface area contributed by atoms with E-state index in [0.29, 0.717) is 29.4 Å². The van der Waals surface area contributed by atoms with Gasteiger partial charge in [0, 0.05) is 0 Å². The summed E-state index contributed by atoms with van der Waals surface area (Å²) in [7, 11) is 3.78. The van der Waals surface area contributed by atoms with Gasteiger partial charge in [-0.3, -0.25) is 0 Å². The number of carbonyl (C=O) groups is 2. The maximum atomic E-state index is 13.4. The molecule has 0 radical (unpaired) electrons. The molecule has 31 heavy (non-hydrogen) atoms. The van der Waals surface area contributed by atoms with Gasteiger partial charge in [0.15, 0.2) is 0 Å². The molecule has 0 aliphatic carbocycles. The average Bonchev–Trinajstić information content (AvgIpc) is 3.04. The van der Waals surface area contributed by atoms with Gasteiger partial charge in [0.2, 0.25) is 0 Å². The summed E-state index contributed by atoms with van der Waals surface area (Å²) >= 11 is 2.02. The van der Waals surface area contributed by atoms with E-state index in [9.17, 15) is 14.7 Å². The third kappa shape index (κ3) is 5.86. The first-order chi connectivity index (χ1) is 14.5. The molecule has 2 heterocycles. The molecule has 0 saturated carbocycles. The fourth-order valence-corrected chi connectivity index (χ4v) is 5.49. The zero-order chi connectivity index (χ0) is 22.9. The van der Waals surface area contributed by atoms with Gasteiger partial charge in [-0.25, -0.2) is 0 Å². The Morgan fingerprint density at radius 3 is 2.61 bits per heavy atom. The van der Waals surface area contributed by atoms with Crippen molar-refractivity contribution in [2.24, 2.45) is 0 Å². The third-order valence-electron chi connectivity index (χ3n) is 5.27. The zero-order valence-electron chi connectivity index (χ0n) is 18.0. The second kappa shape index (κ2) is 10.1. The number of nitrogens with zero attached hydrogens (tertiary/aromatic N) is 2. The van der Waals surface area contributed by atoms with Crippen molar-refractivity contribution in [3.05, 3.63) is 17.7 Å². The first kappa shape index (κ1) is 25.0. The number of anilines is 1. The van der Waals surface area contributed by atoms with Crippen LogP contribution in [0.3, 0.4) is 0 Å². The molecule has 172 valence electrons. The Morgan fingerprint density at radius 1 is 1.29 bits per heavy atom. The number of benzene rings is 1. The van der Waals surface area contributed by atoms with Crippen molar-refractivity contribution in [3.8, 4) is 11.5 Å². The van der Waals surface area contributed by atoms with E-state index >= 15 is 0 Å². The fourth-order valence-electron chi connectivity index (χ4n) is 3.64. The summed E-state index contributed by atoms with van der Waals surface area (Å²) in [5.41, 5.74) is 0.730. The van der Waals surface area contributed by atoms with Gasteiger partial charge < -0.3 is 0 Å². The van der Waals surface area contributed by atoms with Crippen molar-refractivity contribution < 1.29 is 28.4 Å². The van der Waals surface area contributed by atoms with E-state index in [1.165, 1.54) is 16.9 Å². The van der Waals surface area contributed by atoms with Crippen LogP contribution in [0.1, 0.15) is 16.8 Å².